The molecular weight excluding hydrogens is 322 g/mol. The molecule has 2 N–H and O–H groups in total. The fraction of sp³-hybridized carbons (Fsp3) is 0.304. The Morgan fingerprint density at radius 1 is 1.04 bits per heavy atom. The van der Waals surface area contributed by atoms with E-state index in [9.17, 15) is 10.2 Å². The summed E-state index contributed by atoms with van der Waals surface area (Å²) in [6.07, 6.45) is 5.43. The molecule has 0 bridgehead atoms. The van der Waals surface area contributed by atoms with Gasteiger partial charge in [-0.2, -0.15) is 0 Å². The topological polar surface area (TPSA) is 43.7 Å². The highest BCUT2D eigenvalue weighted by Crippen LogP contribution is 2.37. The number of hydrogen-bond donors (Lipinski definition) is 2. The fourth-order valence-electron chi connectivity index (χ4n) is 3.62. The van der Waals surface area contributed by atoms with Gasteiger partial charge in [0.25, 0.3) is 0 Å². The number of aromatic hydroxyl groups is 1. The van der Waals surface area contributed by atoms with Gasteiger partial charge >= 0.3 is 0 Å². The maximum atomic E-state index is 9.90. The van der Waals surface area contributed by atoms with Crippen molar-refractivity contribution in [2.75, 3.05) is 20.6 Å². The van der Waals surface area contributed by atoms with Gasteiger partial charge in [-0.3, -0.25) is 0 Å². The lowest BCUT2D eigenvalue weighted by Gasteiger charge is -2.26. The molecule has 3 heteroatoms. The molecule has 0 radical (unpaired) electrons. The van der Waals surface area contributed by atoms with E-state index in [-0.39, 0.29) is 6.61 Å². The summed E-state index contributed by atoms with van der Waals surface area (Å²) in [5, 5.41) is 19.3. The van der Waals surface area contributed by atoms with Gasteiger partial charge in [-0.05, 0) is 85.0 Å². The van der Waals surface area contributed by atoms with Gasteiger partial charge in [0.05, 0.1) is 6.61 Å². The maximum Gasteiger partial charge on any atom is 0.116 e. The Morgan fingerprint density at radius 2 is 1.85 bits per heavy atom. The summed E-state index contributed by atoms with van der Waals surface area (Å²) >= 11 is 0. The Morgan fingerprint density at radius 3 is 2.58 bits per heavy atom. The van der Waals surface area contributed by atoms with Crippen LogP contribution in [0.15, 0.2) is 59.7 Å². The molecule has 0 aliphatic heterocycles. The lowest BCUT2D eigenvalue weighted by atomic mass is 9.82. The van der Waals surface area contributed by atoms with Crippen molar-refractivity contribution in [2.45, 2.75) is 25.9 Å². The van der Waals surface area contributed by atoms with Crippen LogP contribution in [0.4, 0.5) is 0 Å². The first kappa shape index (κ1) is 18.4. The standard InChI is InChI=1S/C23H27NO2/c1-24(2)15-23-19(13-17-6-3-7-18(12-17)16-25)9-5-11-22(23)20-8-4-10-21(26)14-20/h3-4,6-8,10,12-14,25-26H,5,9,11,15-16H2,1-2H3. The van der Waals surface area contributed by atoms with Crippen molar-refractivity contribution in [3.8, 4) is 5.75 Å². The van der Waals surface area contributed by atoms with E-state index in [2.05, 4.69) is 37.2 Å². The second-order valence-corrected chi connectivity index (χ2v) is 7.17. The molecule has 26 heavy (non-hydrogen) atoms. The van der Waals surface area contributed by atoms with Crippen LogP contribution in [-0.4, -0.2) is 35.8 Å². The second-order valence-electron chi connectivity index (χ2n) is 7.17. The van der Waals surface area contributed by atoms with Crippen LogP contribution in [0.1, 0.15) is 36.0 Å². The summed E-state index contributed by atoms with van der Waals surface area (Å²) in [6.45, 7) is 0.933. The number of phenolic OH excluding ortho intramolecular Hbond substituents is 1. The van der Waals surface area contributed by atoms with Crippen molar-refractivity contribution in [3.63, 3.8) is 0 Å². The Labute approximate surface area is 155 Å². The number of rotatable bonds is 5. The lowest BCUT2D eigenvalue weighted by Crippen LogP contribution is -2.19. The zero-order valence-electron chi connectivity index (χ0n) is 15.6. The number of aliphatic hydroxyl groups is 1. The summed E-state index contributed by atoms with van der Waals surface area (Å²) in [5.41, 5.74) is 7.18. The molecule has 3 rings (SSSR count). The van der Waals surface area contributed by atoms with Gasteiger partial charge in [0.2, 0.25) is 0 Å². The number of phenols is 1. The Bertz CT molecular complexity index is 834. The normalized spacial score (nSPS) is 16.5. The number of likely N-dealkylation sites (N-methyl/N-ethyl adjacent to an activating group) is 1. The van der Waals surface area contributed by atoms with Crippen LogP contribution >= 0.6 is 0 Å². The van der Waals surface area contributed by atoms with Gasteiger partial charge in [0, 0.05) is 6.54 Å². The van der Waals surface area contributed by atoms with E-state index in [1.165, 1.54) is 16.7 Å². The van der Waals surface area contributed by atoms with Crippen LogP contribution in [0.25, 0.3) is 11.6 Å². The van der Waals surface area contributed by atoms with E-state index in [1.54, 1.807) is 6.07 Å². The minimum Gasteiger partial charge on any atom is -0.508 e. The SMILES string of the molecule is CN(C)CC1=C(c2cccc(O)c2)CCCC1=Cc1cccc(CO)c1. The summed E-state index contributed by atoms with van der Waals surface area (Å²) < 4.78 is 0. The van der Waals surface area contributed by atoms with E-state index in [4.69, 9.17) is 0 Å². The zero-order valence-corrected chi connectivity index (χ0v) is 15.6. The molecule has 0 aromatic heterocycles. The maximum absolute atomic E-state index is 9.90. The molecule has 0 fully saturated rings. The van der Waals surface area contributed by atoms with Gasteiger partial charge in [-0.25, -0.2) is 0 Å². The quantitative estimate of drug-likeness (QED) is 0.837. The molecule has 0 unspecified atom stereocenters. The third-order valence-electron chi connectivity index (χ3n) is 4.77. The summed E-state index contributed by atoms with van der Waals surface area (Å²) in [6, 6.07) is 15.6. The minimum atomic E-state index is 0.0615. The van der Waals surface area contributed by atoms with Gasteiger partial charge in [0.15, 0.2) is 0 Å². The number of allylic oxidation sites excluding steroid dienone is 1. The highest BCUT2D eigenvalue weighted by atomic mass is 16.3. The van der Waals surface area contributed by atoms with E-state index in [0.29, 0.717) is 5.75 Å². The molecule has 2 aromatic rings. The summed E-state index contributed by atoms with van der Waals surface area (Å²) in [7, 11) is 4.18. The van der Waals surface area contributed by atoms with Crippen LogP contribution in [-0.2, 0) is 6.61 Å². The largest absolute Gasteiger partial charge is 0.508 e. The average Bonchev–Trinajstić information content (AvgIpc) is 2.63. The molecule has 0 saturated carbocycles. The molecule has 0 spiro atoms. The van der Waals surface area contributed by atoms with E-state index in [0.717, 1.165) is 42.5 Å². The van der Waals surface area contributed by atoms with E-state index in [1.807, 2.05) is 30.3 Å². The molecule has 1 aliphatic carbocycles. The molecule has 2 aromatic carbocycles. The molecule has 1 aliphatic rings. The predicted octanol–water partition coefficient (Wildman–Crippen LogP) is 4.47. The first-order chi connectivity index (χ1) is 12.6. The highest BCUT2D eigenvalue weighted by Gasteiger charge is 2.19. The third kappa shape index (κ3) is 4.43. The summed E-state index contributed by atoms with van der Waals surface area (Å²) in [4.78, 5) is 2.20. The van der Waals surface area contributed by atoms with E-state index >= 15 is 0 Å². The Hall–Kier alpha value is -2.36. The average molecular weight is 349 g/mol. The molecular formula is C23H27NO2. The molecule has 0 amide bonds. The third-order valence-corrected chi connectivity index (χ3v) is 4.77. The monoisotopic (exact) mass is 349 g/mol. The van der Waals surface area contributed by atoms with Gasteiger partial charge in [-0.15, -0.1) is 0 Å². The predicted molar refractivity (Wildman–Crippen MR) is 108 cm³/mol. The molecule has 136 valence electrons. The molecule has 3 nitrogen and oxygen atoms in total. The van der Waals surface area contributed by atoms with Crippen molar-refractivity contribution in [1.82, 2.24) is 4.90 Å². The smallest absolute Gasteiger partial charge is 0.116 e. The van der Waals surface area contributed by atoms with Crippen LogP contribution in [0.2, 0.25) is 0 Å². The molecule has 0 heterocycles. The van der Waals surface area contributed by atoms with Crippen LogP contribution < -0.4 is 0 Å². The highest BCUT2D eigenvalue weighted by molar-refractivity contribution is 5.77. The fourth-order valence-corrected chi connectivity index (χ4v) is 3.62. The van der Waals surface area contributed by atoms with Gasteiger partial charge in [-0.1, -0.05) is 36.4 Å². The number of benzene rings is 2. The van der Waals surface area contributed by atoms with Crippen molar-refractivity contribution < 1.29 is 10.2 Å². The van der Waals surface area contributed by atoms with Crippen LogP contribution in [0.5, 0.6) is 5.75 Å². The van der Waals surface area contributed by atoms with Gasteiger partial charge < -0.3 is 15.1 Å². The first-order valence-corrected chi connectivity index (χ1v) is 9.13. The first-order valence-electron chi connectivity index (χ1n) is 9.13. The van der Waals surface area contributed by atoms with Crippen molar-refractivity contribution >= 4 is 11.6 Å². The second kappa shape index (κ2) is 8.35. The van der Waals surface area contributed by atoms with Gasteiger partial charge in [0.1, 0.15) is 5.75 Å². The number of aliphatic hydroxyl groups excluding tert-OH is 1. The summed E-state index contributed by atoms with van der Waals surface area (Å²) in [5.74, 6) is 0.311. The Kier molecular flexibility index (Phi) is 5.92. The number of nitrogens with zero attached hydrogens (tertiary/aromatic N) is 1. The molecule has 0 saturated heterocycles. The number of hydrogen-bond acceptors (Lipinski definition) is 3. The lowest BCUT2D eigenvalue weighted by molar-refractivity contribution is 0.282. The van der Waals surface area contributed by atoms with Crippen LogP contribution in [0, 0.1) is 0 Å². The molecule has 0 atom stereocenters. The van der Waals surface area contributed by atoms with E-state index < -0.39 is 0 Å². The Balaban J connectivity index is 2.08. The van der Waals surface area contributed by atoms with Crippen molar-refractivity contribution in [1.29, 1.82) is 0 Å². The zero-order chi connectivity index (χ0) is 18.5. The van der Waals surface area contributed by atoms with Crippen molar-refractivity contribution in [2.24, 2.45) is 0 Å². The van der Waals surface area contributed by atoms with Crippen LogP contribution in [0.3, 0.4) is 0 Å². The minimum absolute atomic E-state index is 0.0615. The van der Waals surface area contributed by atoms with Crippen molar-refractivity contribution in [3.05, 3.63) is 76.4 Å².